The van der Waals surface area contributed by atoms with Crippen molar-refractivity contribution in [2.24, 2.45) is 0 Å². The molecule has 0 fully saturated rings. The third kappa shape index (κ3) is 4.62. The third-order valence-corrected chi connectivity index (χ3v) is 7.70. The smallest absolute Gasteiger partial charge is 0.242 e. The number of unbranched alkanes of at least 4 members (excludes halogenated alkanes) is 1. The SMILES string of the molecule is COCCc1nc2c(N)nc3ccccc3c2n1CCCCNS(=O)(=O)c1cccc2cccnc12. The number of ether oxygens (including phenoxy) is 1. The van der Waals surface area contributed by atoms with Crippen LogP contribution in [0.15, 0.2) is 65.7 Å². The zero-order valence-electron chi connectivity index (χ0n) is 20.0. The number of hydrogen-bond donors (Lipinski definition) is 2. The number of pyridine rings is 2. The highest BCUT2D eigenvalue weighted by Crippen LogP contribution is 2.29. The van der Waals surface area contributed by atoms with E-state index in [1.54, 1.807) is 31.5 Å². The number of hydrogen-bond acceptors (Lipinski definition) is 7. The van der Waals surface area contributed by atoms with Gasteiger partial charge in [-0.05, 0) is 31.0 Å². The molecule has 0 saturated carbocycles. The maximum Gasteiger partial charge on any atom is 0.242 e. The topological polar surface area (TPSA) is 125 Å². The predicted octanol–water partition coefficient (Wildman–Crippen LogP) is 3.66. The Bertz CT molecular complexity index is 1640. The van der Waals surface area contributed by atoms with Crippen LogP contribution in [-0.2, 0) is 27.7 Å². The van der Waals surface area contributed by atoms with Gasteiger partial charge in [-0.15, -0.1) is 0 Å². The monoisotopic (exact) mass is 504 g/mol. The van der Waals surface area contributed by atoms with E-state index in [4.69, 9.17) is 15.5 Å². The Balaban J connectivity index is 1.34. The Labute approximate surface area is 209 Å². The summed E-state index contributed by atoms with van der Waals surface area (Å²) in [4.78, 5) is 13.8. The van der Waals surface area contributed by atoms with Crippen LogP contribution in [0.25, 0.3) is 32.8 Å². The number of anilines is 1. The van der Waals surface area contributed by atoms with Gasteiger partial charge in [0.15, 0.2) is 5.82 Å². The average Bonchev–Trinajstić information content (AvgIpc) is 3.26. The largest absolute Gasteiger partial charge is 0.384 e. The molecule has 0 aliphatic carbocycles. The third-order valence-electron chi connectivity index (χ3n) is 6.20. The molecule has 10 heteroatoms. The maximum atomic E-state index is 13.0. The first-order valence-corrected chi connectivity index (χ1v) is 13.3. The zero-order valence-corrected chi connectivity index (χ0v) is 20.8. The summed E-state index contributed by atoms with van der Waals surface area (Å²) in [5.74, 6) is 1.27. The zero-order chi connectivity index (χ0) is 25.1. The van der Waals surface area contributed by atoms with Gasteiger partial charge in [-0.3, -0.25) is 4.98 Å². The van der Waals surface area contributed by atoms with Gasteiger partial charge in [-0.2, -0.15) is 0 Å². The standard InChI is InChI=1S/C26H28N6O3S/c1-35-17-13-22-31-24-25(19-10-2-3-11-20(19)30-26(24)27)32(22)16-5-4-15-29-36(33,34)21-12-6-8-18-9-7-14-28-23(18)21/h2-3,6-12,14,29H,4-5,13,15-17H2,1H3,(H2,27,30). The Morgan fingerprint density at radius 2 is 1.83 bits per heavy atom. The van der Waals surface area contributed by atoms with Crippen LogP contribution in [-0.4, -0.2) is 48.2 Å². The molecule has 0 aliphatic heterocycles. The second kappa shape index (κ2) is 10.2. The number of para-hydroxylation sites is 2. The van der Waals surface area contributed by atoms with Crippen LogP contribution >= 0.6 is 0 Å². The summed E-state index contributed by atoms with van der Waals surface area (Å²) in [5, 5.41) is 1.78. The fraction of sp³-hybridized carbons (Fsp3) is 0.269. The summed E-state index contributed by atoms with van der Waals surface area (Å²) >= 11 is 0. The van der Waals surface area contributed by atoms with E-state index in [2.05, 4.69) is 19.3 Å². The van der Waals surface area contributed by atoms with E-state index in [-0.39, 0.29) is 4.90 Å². The second-order valence-electron chi connectivity index (χ2n) is 8.57. The van der Waals surface area contributed by atoms with Gasteiger partial charge in [-0.25, -0.2) is 23.1 Å². The predicted molar refractivity (Wildman–Crippen MR) is 141 cm³/mol. The Morgan fingerprint density at radius 3 is 2.69 bits per heavy atom. The van der Waals surface area contributed by atoms with Crippen molar-refractivity contribution in [2.75, 3.05) is 26.0 Å². The summed E-state index contributed by atoms with van der Waals surface area (Å²) in [7, 11) is -2.02. The van der Waals surface area contributed by atoms with Crippen molar-refractivity contribution in [3.05, 3.63) is 66.6 Å². The van der Waals surface area contributed by atoms with Gasteiger partial charge in [0.1, 0.15) is 16.2 Å². The first-order chi connectivity index (χ1) is 17.5. The van der Waals surface area contributed by atoms with Gasteiger partial charge in [0.2, 0.25) is 10.0 Å². The molecule has 9 nitrogen and oxygen atoms in total. The molecule has 0 bridgehead atoms. The van der Waals surface area contributed by atoms with Crippen LogP contribution in [0.1, 0.15) is 18.7 Å². The lowest BCUT2D eigenvalue weighted by atomic mass is 10.2. The highest BCUT2D eigenvalue weighted by Gasteiger charge is 2.19. The average molecular weight is 505 g/mol. The molecule has 0 amide bonds. The Kier molecular flexibility index (Phi) is 6.82. The van der Waals surface area contributed by atoms with Gasteiger partial charge >= 0.3 is 0 Å². The van der Waals surface area contributed by atoms with Crippen molar-refractivity contribution in [3.8, 4) is 0 Å². The van der Waals surface area contributed by atoms with Crippen LogP contribution in [0.5, 0.6) is 0 Å². The van der Waals surface area contributed by atoms with E-state index in [0.717, 1.165) is 34.1 Å². The number of nitrogens with two attached hydrogens (primary N) is 1. The highest BCUT2D eigenvalue weighted by atomic mass is 32.2. The van der Waals surface area contributed by atoms with Crippen molar-refractivity contribution >= 4 is 48.7 Å². The van der Waals surface area contributed by atoms with Crippen molar-refractivity contribution in [3.63, 3.8) is 0 Å². The summed E-state index contributed by atoms with van der Waals surface area (Å²) in [6, 6.07) is 16.7. The number of aromatic nitrogens is 4. The molecule has 3 N–H and O–H groups in total. The normalized spacial score (nSPS) is 12.1. The van der Waals surface area contributed by atoms with E-state index in [1.807, 2.05) is 36.4 Å². The molecule has 0 spiro atoms. The van der Waals surface area contributed by atoms with Gasteiger partial charge in [0, 0.05) is 43.6 Å². The lowest BCUT2D eigenvalue weighted by Gasteiger charge is -2.12. The van der Waals surface area contributed by atoms with Crippen molar-refractivity contribution in [1.82, 2.24) is 24.2 Å². The van der Waals surface area contributed by atoms with Gasteiger partial charge in [-0.1, -0.05) is 36.4 Å². The number of benzene rings is 2. The number of nitrogens with zero attached hydrogens (tertiary/aromatic N) is 4. The molecule has 2 aromatic carbocycles. The van der Waals surface area contributed by atoms with E-state index in [9.17, 15) is 8.42 Å². The fourth-order valence-electron chi connectivity index (χ4n) is 4.50. The summed E-state index contributed by atoms with van der Waals surface area (Å²) in [6.07, 6.45) is 3.64. The van der Waals surface area contributed by atoms with Crippen molar-refractivity contribution in [1.29, 1.82) is 0 Å². The van der Waals surface area contributed by atoms with Crippen LogP contribution in [0.4, 0.5) is 5.82 Å². The molecule has 5 rings (SSSR count). The molecule has 3 aromatic heterocycles. The lowest BCUT2D eigenvalue weighted by molar-refractivity contribution is 0.199. The number of rotatable bonds is 10. The van der Waals surface area contributed by atoms with Crippen LogP contribution < -0.4 is 10.5 Å². The minimum atomic E-state index is -3.68. The first-order valence-electron chi connectivity index (χ1n) is 11.9. The fourth-order valence-corrected chi connectivity index (χ4v) is 5.75. The maximum absolute atomic E-state index is 13.0. The van der Waals surface area contributed by atoms with E-state index in [1.165, 1.54) is 0 Å². The molecule has 3 heterocycles. The number of nitrogens with one attached hydrogen (secondary N) is 1. The molecule has 186 valence electrons. The molecular formula is C26H28N6O3S. The van der Waals surface area contributed by atoms with Crippen molar-refractivity contribution in [2.45, 2.75) is 30.7 Å². The van der Waals surface area contributed by atoms with Crippen molar-refractivity contribution < 1.29 is 13.2 Å². The summed E-state index contributed by atoms with van der Waals surface area (Å²) < 4.78 is 36.1. The Hall–Kier alpha value is -3.60. The first kappa shape index (κ1) is 24.1. The second-order valence-corrected chi connectivity index (χ2v) is 10.3. The molecule has 5 aromatic rings. The number of imidazole rings is 1. The summed E-state index contributed by atoms with van der Waals surface area (Å²) in [6.45, 7) is 1.52. The quantitative estimate of drug-likeness (QED) is 0.278. The number of aryl methyl sites for hydroxylation is 1. The van der Waals surface area contributed by atoms with Gasteiger partial charge in [0.25, 0.3) is 0 Å². The molecule has 0 radical (unpaired) electrons. The number of sulfonamides is 1. The van der Waals surface area contributed by atoms with E-state index >= 15 is 0 Å². The molecule has 36 heavy (non-hydrogen) atoms. The van der Waals surface area contributed by atoms with Crippen LogP contribution in [0.2, 0.25) is 0 Å². The van der Waals surface area contributed by atoms with Crippen LogP contribution in [0, 0.1) is 0 Å². The van der Waals surface area contributed by atoms with Crippen LogP contribution in [0.3, 0.4) is 0 Å². The number of nitrogen functional groups attached to an aromatic ring is 1. The molecule has 0 atom stereocenters. The Morgan fingerprint density at radius 1 is 1.00 bits per heavy atom. The number of methoxy groups -OCH3 is 1. The van der Waals surface area contributed by atoms with E-state index < -0.39 is 10.0 Å². The molecular weight excluding hydrogens is 476 g/mol. The summed E-state index contributed by atoms with van der Waals surface area (Å²) in [5.41, 5.74) is 9.18. The number of fused-ring (bicyclic) bond motifs is 4. The van der Waals surface area contributed by atoms with Gasteiger partial charge in [0.05, 0.1) is 23.2 Å². The molecule has 0 saturated heterocycles. The van der Waals surface area contributed by atoms with Gasteiger partial charge < -0.3 is 15.0 Å². The minimum Gasteiger partial charge on any atom is -0.384 e. The highest BCUT2D eigenvalue weighted by molar-refractivity contribution is 7.89. The molecule has 0 unspecified atom stereocenters. The van der Waals surface area contributed by atoms with E-state index in [0.29, 0.717) is 49.4 Å². The minimum absolute atomic E-state index is 0.192. The molecule has 0 aliphatic rings. The lowest BCUT2D eigenvalue weighted by Crippen LogP contribution is -2.25.